The van der Waals surface area contributed by atoms with Gasteiger partial charge in [-0.1, -0.05) is 6.07 Å². The summed E-state index contributed by atoms with van der Waals surface area (Å²) in [6.45, 7) is 4.32. The minimum Gasteiger partial charge on any atom is -0.367 e. The molecule has 158 valence electrons. The zero-order chi connectivity index (χ0) is 20.7. The number of imidazole rings is 1. The Hall–Kier alpha value is -1.96. The Morgan fingerprint density at radius 2 is 1.80 bits per heavy atom. The molecule has 7 heteroatoms. The van der Waals surface area contributed by atoms with Crippen LogP contribution in [0, 0.1) is 0 Å². The number of halogens is 1. The van der Waals surface area contributed by atoms with Crippen LogP contribution in [0.2, 0.25) is 0 Å². The second-order valence-corrected chi connectivity index (χ2v) is 9.44. The number of nitrogens with zero attached hydrogens (tertiary/aromatic N) is 5. The van der Waals surface area contributed by atoms with E-state index in [1.165, 1.54) is 17.6 Å². The average molecular weight is 469 g/mol. The first-order chi connectivity index (χ1) is 14.6. The highest BCUT2D eigenvalue weighted by molar-refractivity contribution is 9.10. The van der Waals surface area contributed by atoms with Crippen LogP contribution in [0.3, 0.4) is 0 Å². The maximum absolute atomic E-state index is 5.04. The lowest BCUT2D eigenvalue weighted by atomic mass is 9.93. The van der Waals surface area contributed by atoms with E-state index >= 15 is 0 Å². The largest absolute Gasteiger partial charge is 0.367 e. The van der Waals surface area contributed by atoms with Crippen LogP contribution in [0.25, 0.3) is 11.0 Å². The first-order valence-corrected chi connectivity index (χ1v) is 11.7. The molecule has 1 N–H and O–H groups in total. The van der Waals surface area contributed by atoms with Crippen LogP contribution < -0.4 is 4.90 Å². The normalized spacial score (nSPS) is 23.9. The fourth-order valence-electron chi connectivity index (χ4n) is 4.94. The Kier molecular flexibility index (Phi) is 5.52. The Bertz CT molecular complexity index is 1030. The molecule has 0 spiro atoms. The molecule has 3 aromatic rings. The third-order valence-electron chi connectivity index (χ3n) is 6.71. The molecular formula is C23H29BrN6. The zero-order valence-electron chi connectivity index (χ0n) is 17.7. The molecule has 1 aromatic carbocycles. The number of benzene rings is 1. The summed E-state index contributed by atoms with van der Waals surface area (Å²) in [4.78, 5) is 20.8. The van der Waals surface area contributed by atoms with Crippen LogP contribution >= 0.6 is 15.9 Å². The molecule has 5 rings (SSSR count). The summed E-state index contributed by atoms with van der Waals surface area (Å²) in [7, 11) is 4.41. The number of likely N-dealkylation sites (tertiary alicyclic amines) is 1. The number of H-pyrrole nitrogens is 1. The van der Waals surface area contributed by atoms with Gasteiger partial charge in [0, 0.05) is 36.8 Å². The van der Waals surface area contributed by atoms with Crippen LogP contribution in [0.15, 0.2) is 41.0 Å². The van der Waals surface area contributed by atoms with Crippen molar-refractivity contribution in [2.75, 3.05) is 45.2 Å². The first-order valence-electron chi connectivity index (χ1n) is 10.9. The Morgan fingerprint density at radius 3 is 2.60 bits per heavy atom. The van der Waals surface area contributed by atoms with Gasteiger partial charge in [0.2, 0.25) is 0 Å². The number of likely N-dealkylation sites (N-methyl/N-ethyl adjacent to an activating group) is 1. The van der Waals surface area contributed by atoms with Crippen LogP contribution in [-0.4, -0.2) is 65.0 Å². The molecule has 0 saturated carbocycles. The second kappa shape index (κ2) is 8.29. The molecule has 6 nitrogen and oxygen atoms in total. The minimum atomic E-state index is 0.269. The van der Waals surface area contributed by atoms with E-state index in [2.05, 4.69) is 79.0 Å². The topological polar surface area (TPSA) is 51.3 Å². The molecule has 0 radical (unpaired) electrons. The van der Waals surface area contributed by atoms with Crippen molar-refractivity contribution in [3.8, 4) is 0 Å². The number of anilines is 1. The first kappa shape index (κ1) is 20.0. The van der Waals surface area contributed by atoms with Gasteiger partial charge < -0.3 is 14.8 Å². The van der Waals surface area contributed by atoms with E-state index in [0.717, 1.165) is 60.5 Å². The van der Waals surface area contributed by atoms with Gasteiger partial charge >= 0.3 is 0 Å². The number of aromatic amines is 1. The van der Waals surface area contributed by atoms with Crippen LogP contribution in [-0.2, 0) is 0 Å². The highest BCUT2D eigenvalue weighted by atomic mass is 79.9. The molecule has 4 heterocycles. The Morgan fingerprint density at radius 1 is 1.00 bits per heavy atom. The maximum atomic E-state index is 5.04. The molecule has 2 atom stereocenters. The summed E-state index contributed by atoms with van der Waals surface area (Å²) >= 11 is 3.70. The molecule has 2 aliphatic rings. The van der Waals surface area contributed by atoms with E-state index in [4.69, 9.17) is 4.98 Å². The van der Waals surface area contributed by atoms with Gasteiger partial charge in [0.1, 0.15) is 5.82 Å². The van der Waals surface area contributed by atoms with E-state index in [9.17, 15) is 0 Å². The van der Waals surface area contributed by atoms with Crippen molar-refractivity contribution in [2.45, 2.75) is 31.3 Å². The smallest absolute Gasteiger partial charge is 0.124 e. The van der Waals surface area contributed by atoms with Crippen molar-refractivity contribution in [1.29, 1.82) is 0 Å². The number of hydrogen-bond acceptors (Lipinski definition) is 5. The predicted molar refractivity (Wildman–Crippen MR) is 125 cm³/mol. The Labute approximate surface area is 186 Å². The molecule has 2 fully saturated rings. The summed E-state index contributed by atoms with van der Waals surface area (Å²) in [5, 5.41) is 0. The van der Waals surface area contributed by atoms with Gasteiger partial charge in [-0.25, -0.2) is 4.98 Å². The third-order valence-corrected chi connectivity index (χ3v) is 7.39. The number of para-hydroxylation sites is 1. The summed E-state index contributed by atoms with van der Waals surface area (Å²) in [5.41, 5.74) is 4.64. The summed E-state index contributed by atoms with van der Waals surface area (Å²) < 4.78 is 1.09. The van der Waals surface area contributed by atoms with Crippen molar-refractivity contribution in [1.82, 2.24) is 24.8 Å². The van der Waals surface area contributed by atoms with Gasteiger partial charge in [-0.3, -0.25) is 9.88 Å². The number of nitrogens with one attached hydrogen (secondary N) is 1. The van der Waals surface area contributed by atoms with Crippen molar-refractivity contribution >= 4 is 32.7 Å². The van der Waals surface area contributed by atoms with Crippen molar-refractivity contribution in [2.24, 2.45) is 0 Å². The molecule has 2 aromatic heterocycles. The molecular weight excluding hydrogens is 440 g/mol. The molecule has 2 aliphatic heterocycles. The standard InChI is InChI=1S/C23H29BrN6/c1-28-12-14-30(15-13-28)19-9-3-7-17-22(19)27-23(26-17)20-10-4-8-18(29(20)2)21-16(24)6-5-11-25-21/h3,5-7,9,11,18,20H,4,8,10,12-15H2,1-2H3,(H,26,27)/t18-,20+/m0/s1. The predicted octanol–water partition coefficient (Wildman–Crippen LogP) is 4.37. The minimum absolute atomic E-state index is 0.269. The number of piperidine rings is 1. The van der Waals surface area contributed by atoms with Gasteiger partial charge in [-0.2, -0.15) is 0 Å². The fraction of sp³-hybridized carbons (Fsp3) is 0.478. The van der Waals surface area contributed by atoms with Gasteiger partial charge in [0.15, 0.2) is 0 Å². The van der Waals surface area contributed by atoms with E-state index in [-0.39, 0.29) is 6.04 Å². The van der Waals surface area contributed by atoms with Crippen molar-refractivity contribution in [3.05, 3.63) is 52.5 Å². The van der Waals surface area contributed by atoms with E-state index in [0.29, 0.717) is 6.04 Å². The number of pyridine rings is 1. The van der Waals surface area contributed by atoms with Crippen LogP contribution in [0.5, 0.6) is 0 Å². The summed E-state index contributed by atoms with van der Waals surface area (Å²) in [5.74, 6) is 1.07. The van der Waals surface area contributed by atoms with Crippen LogP contribution in [0.1, 0.15) is 42.9 Å². The van der Waals surface area contributed by atoms with E-state index in [1.807, 2.05) is 12.3 Å². The SMILES string of the molecule is CN1CCN(c2cccc3nc([C@H]4CCC[C@@H](c5ncccc5Br)N4C)[nH]c23)CC1. The maximum Gasteiger partial charge on any atom is 0.124 e. The fourth-order valence-corrected chi connectivity index (χ4v) is 5.45. The van der Waals surface area contributed by atoms with Gasteiger partial charge in [0.05, 0.1) is 34.5 Å². The molecule has 0 amide bonds. The molecule has 0 unspecified atom stereocenters. The highest BCUT2D eigenvalue weighted by Crippen LogP contribution is 2.41. The lowest BCUT2D eigenvalue weighted by molar-refractivity contribution is 0.107. The van der Waals surface area contributed by atoms with Gasteiger partial charge in [0.25, 0.3) is 0 Å². The third kappa shape index (κ3) is 3.63. The highest BCUT2D eigenvalue weighted by Gasteiger charge is 2.33. The number of hydrogen-bond donors (Lipinski definition) is 1. The zero-order valence-corrected chi connectivity index (χ0v) is 19.3. The molecule has 0 bridgehead atoms. The van der Waals surface area contributed by atoms with E-state index < -0.39 is 0 Å². The number of rotatable bonds is 3. The average Bonchev–Trinajstić information content (AvgIpc) is 3.19. The lowest BCUT2D eigenvalue weighted by Gasteiger charge is -2.38. The van der Waals surface area contributed by atoms with Crippen LogP contribution in [0.4, 0.5) is 5.69 Å². The van der Waals surface area contributed by atoms with Crippen molar-refractivity contribution < 1.29 is 0 Å². The molecule has 2 saturated heterocycles. The molecule has 30 heavy (non-hydrogen) atoms. The lowest BCUT2D eigenvalue weighted by Crippen LogP contribution is -2.44. The van der Waals surface area contributed by atoms with E-state index in [1.54, 1.807) is 0 Å². The molecule has 0 aliphatic carbocycles. The monoisotopic (exact) mass is 468 g/mol. The van der Waals surface area contributed by atoms with Crippen molar-refractivity contribution in [3.63, 3.8) is 0 Å². The summed E-state index contributed by atoms with van der Waals surface area (Å²) in [6.07, 6.45) is 5.29. The summed E-state index contributed by atoms with van der Waals surface area (Å²) in [6, 6.07) is 11.1. The Balaban J connectivity index is 1.46. The van der Waals surface area contributed by atoms with Gasteiger partial charge in [-0.15, -0.1) is 0 Å². The second-order valence-electron chi connectivity index (χ2n) is 8.58. The quantitative estimate of drug-likeness (QED) is 0.618. The van der Waals surface area contributed by atoms with Gasteiger partial charge in [-0.05, 0) is 73.6 Å². The number of aromatic nitrogens is 3. The number of fused-ring (bicyclic) bond motifs is 1. The number of piperazine rings is 1.